The van der Waals surface area contributed by atoms with E-state index in [4.69, 9.17) is 4.74 Å². The van der Waals surface area contributed by atoms with E-state index < -0.39 is 24.3 Å². The molecule has 0 fully saturated rings. The van der Waals surface area contributed by atoms with E-state index in [1.807, 2.05) is 0 Å². The van der Waals surface area contributed by atoms with E-state index in [2.05, 4.69) is 15.2 Å². The van der Waals surface area contributed by atoms with Gasteiger partial charge >= 0.3 is 12.8 Å². The number of amides is 1. The Morgan fingerprint density at radius 3 is 2.58 bits per heavy atom. The van der Waals surface area contributed by atoms with Crippen LogP contribution >= 0.6 is 0 Å². The number of hydrogen-bond donors (Lipinski definition) is 1. The molecule has 0 bridgehead atoms. The first-order chi connectivity index (χ1) is 15.6. The number of methoxy groups -OCH3 is 1. The Morgan fingerprint density at radius 2 is 1.91 bits per heavy atom. The minimum absolute atomic E-state index is 0.0992. The van der Waals surface area contributed by atoms with Gasteiger partial charge in [-0.1, -0.05) is 12.1 Å². The first-order valence-corrected chi connectivity index (χ1v) is 9.72. The van der Waals surface area contributed by atoms with Crippen molar-refractivity contribution < 1.29 is 36.2 Å². The number of alkyl halides is 5. The van der Waals surface area contributed by atoms with Crippen LogP contribution in [0.5, 0.6) is 11.5 Å². The van der Waals surface area contributed by atoms with Crippen LogP contribution in [-0.2, 0) is 12.6 Å². The first-order valence-electron chi connectivity index (χ1n) is 9.72. The van der Waals surface area contributed by atoms with Crippen molar-refractivity contribution in [2.24, 2.45) is 0 Å². The highest BCUT2D eigenvalue weighted by Gasteiger charge is 2.30. The third kappa shape index (κ3) is 5.79. The summed E-state index contributed by atoms with van der Waals surface area (Å²) in [5, 5.41) is 6.76. The molecule has 1 aromatic heterocycles. The Balaban J connectivity index is 1.66. The zero-order chi connectivity index (χ0) is 24.2. The molecule has 0 radical (unpaired) electrons. The Kier molecular flexibility index (Phi) is 7.19. The van der Waals surface area contributed by atoms with E-state index in [1.165, 1.54) is 42.3 Å². The summed E-state index contributed by atoms with van der Waals surface area (Å²) in [7, 11) is 1.32. The van der Waals surface area contributed by atoms with Gasteiger partial charge in [0.1, 0.15) is 0 Å². The number of carbonyl (C=O) groups excluding carboxylic acids is 1. The van der Waals surface area contributed by atoms with Crippen LogP contribution in [0, 0.1) is 6.92 Å². The third-order valence-corrected chi connectivity index (χ3v) is 4.82. The van der Waals surface area contributed by atoms with Gasteiger partial charge in [-0.25, -0.2) is 4.68 Å². The Morgan fingerprint density at radius 1 is 1.15 bits per heavy atom. The van der Waals surface area contributed by atoms with Gasteiger partial charge in [0, 0.05) is 6.54 Å². The van der Waals surface area contributed by atoms with E-state index in [0.717, 1.165) is 12.1 Å². The maximum Gasteiger partial charge on any atom is 0.416 e. The largest absolute Gasteiger partial charge is 0.493 e. The molecule has 0 spiro atoms. The number of rotatable bonds is 8. The van der Waals surface area contributed by atoms with Crippen LogP contribution in [0.4, 0.5) is 22.0 Å². The third-order valence-electron chi connectivity index (χ3n) is 4.82. The fourth-order valence-electron chi connectivity index (χ4n) is 3.18. The molecular formula is C22H20F5N3O3. The summed E-state index contributed by atoms with van der Waals surface area (Å²) in [5.41, 5.74) is 0.665. The lowest BCUT2D eigenvalue weighted by Gasteiger charge is -2.12. The molecule has 3 rings (SSSR count). The topological polar surface area (TPSA) is 65.4 Å². The summed E-state index contributed by atoms with van der Waals surface area (Å²) in [4.78, 5) is 12.6. The molecular weight excluding hydrogens is 449 g/mol. The molecule has 11 heteroatoms. The van der Waals surface area contributed by atoms with Crippen LogP contribution in [0.15, 0.2) is 48.7 Å². The molecule has 0 aliphatic heterocycles. The molecule has 3 aromatic rings. The van der Waals surface area contributed by atoms with Crippen LogP contribution in [0.25, 0.3) is 5.69 Å². The molecule has 1 N–H and O–H groups in total. The molecule has 0 saturated carbocycles. The maximum atomic E-state index is 13.0. The summed E-state index contributed by atoms with van der Waals surface area (Å²) in [6, 6.07) is 9.10. The Hall–Kier alpha value is -3.63. The van der Waals surface area contributed by atoms with Crippen molar-refractivity contribution in [3.8, 4) is 17.2 Å². The first kappa shape index (κ1) is 24.0. The SMILES string of the molecule is COc1cc(CCNC(=O)c2cnn(-c3cccc(C(F)(F)F)c3)c2C)ccc1OC(F)F. The molecule has 2 aromatic carbocycles. The zero-order valence-electron chi connectivity index (χ0n) is 17.6. The minimum atomic E-state index is -4.50. The normalized spacial score (nSPS) is 11.5. The van der Waals surface area contributed by atoms with Gasteiger partial charge in [-0.3, -0.25) is 4.79 Å². The predicted octanol–water partition coefficient (Wildman–Crippen LogP) is 4.78. The molecule has 176 valence electrons. The van der Waals surface area contributed by atoms with E-state index in [0.29, 0.717) is 17.7 Å². The van der Waals surface area contributed by atoms with Crippen molar-refractivity contribution in [2.45, 2.75) is 26.1 Å². The highest BCUT2D eigenvalue weighted by Crippen LogP contribution is 2.31. The summed E-state index contributed by atoms with van der Waals surface area (Å²) >= 11 is 0. The van der Waals surface area contributed by atoms with Gasteiger partial charge in [0.25, 0.3) is 5.91 Å². The predicted molar refractivity (Wildman–Crippen MR) is 109 cm³/mol. The van der Waals surface area contributed by atoms with Crippen LogP contribution in [0.3, 0.4) is 0 Å². The molecule has 0 saturated heterocycles. The number of nitrogens with zero attached hydrogens (tertiary/aromatic N) is 2. The quantitative estimate of drug-likeness (QED) is 0.483. The van der Waals surface area contributed by atoms with Crippen molar-refractivity contribution in [3.05, 3.63) is 71.0 Å². The number of carbonyl (C=O) groups is 1. The second-order valence-corrected chi connectivity index (χ2v) is 6.97. The Bertz CT molecular complexity index is 1130. The molecule has 1 amide bonds. The smallest absolute Gasteiger partial charge is 0.416 e. The monoisotopic (exact) mass is 469 g/mol. The van der Waals surface area contributed by atoms with Gasteiger partial charge in [-0.2, -0.15) is 27.1 Å². The molecule has 1 heterocycles. The van der Waals surface area contributed by atoms with Crippen molar-refractivity contribution in [2.75, 3.05) is 13.7 Å². The second-order valence-electron chi connectivity index (χ2n) is 6.97. The highest BCUT2D eigenvalue weighted by molar-refractivity contribution is 5.95. The second kappa shape index (κ2) is 9.88. The van der Waals surface area contributed by atoms with Gasteiger partial charge in [-0.15, -0.1) is 0 Å². The fourth-order valence-corrected chi connectivity index (χ4v) is 3.18. The summed E-state index contributed by atoms with van der Waals surface area (Å²) in [6.07, 6.45) is -2.84. The van der Waals surface area contributed by atoms with Crippen LogP contribution in [-0.4, -0.2) is 36.0 Å². The average Bonchev–Trinajstić information content (AvgIpc) is 3.15. The van der Waals surface area contributed by atoms with Crippen LogP contribution < -0.4 is 14.8 Å². The number of aromatic nitrogens is 2. The summed E-state index contributed by atoms with van der Waals surface area (Å²) in [5.74, 6) is -0.411. The van der Waals surface area contributed by atoms with E-state index in [-0.39, 0.29) is 29.3 Å². The summed E-state index contributed by atoms with van der Waals surface area (Å²) in [6.45, 7) is -1.19. The minimum Gasteiger partial charge on any atom is -0.493 e. The number of halogens is 5. The number of hydrogen-bond acceptors (Lipinski definition) is 4. The van der Waals surface area contributed by atoms with Crippen molar-refractivity contribution in [3.63, 3.8) is 0 Å². The van der Waals surface area contributed by atoms with Crippen LogP contribution in [0.1, 0.15) is 27.2 Å². The van der Waals surface area contributed by atoms with Crippen molar-refractivity contribution in [1.29, 1.82) is 0 Å². The van der Waals surface area contributed by atoms with Crippen molar-refractivity contribution in [1.82, 2.24) is 15.1 Å². The van der Waals surface area contributed by atoms with Crippen LogP contribution in [0.2, 0.25) is 0 Å². The Labute approximate surface area is 185 Å². The molecule has 0 atom stereocenters. The number of ether oxygens (including phenoxy) is 2. The van der Waals surface area contributed by atoms with Crippen molar-refractivity contribution >= 4 is 5.91 Å². The molecule has 0 aliphatic rings. The van der Waals surface area contributed by atoms with Gasteiger partial charge in [0.05, 0.1) is 35.8 Å². The van der Waals surface area contributed by atoms with Gasteiger partial charge < -0.3 is 14.8 Å². The maximum absolute atomic E-state index is 13.0. The lowest BCUT2D eigenvalue weighted by molar-refractivity contribution is -0.137. The van der Waals surface area contributed by atoms with E-state index in [9.17, 15) is 26.7 Å². The van der Waals surface area contributed by atoms with E-state index >= 15 is 0 Å². The average molecular weight is 469 g/mol. The zero-order valence-corrected chi connectivity index (χ0v) is 17.6. The summed E-state index contributed by atoms with van der Waals surface area (Å²) < 4.78 is 74.5. The van der Waals surface area contributed by atoms with Gasteiger partial charge in [-0.05, 0) is 49.2 Å². The lowest BCUT2D eigenvalue weighted by atomic mass is 10.1. The molecule has 0 aliphatic carbocycles. The van der Waals surface area contributed by atoms with Gasteiger partial charge in [0.2, 0.25) is 0 Å². The molecule has 0 unspecified atom stereocenters. The molecule has 33 heavy (non-hydrogen) atoms. The standard InChI is InChI=1S/C22H20F5N3O3/c1-13-17(12-29-30(13)16-5-3-4-15(11-16)22(25,26)27)20(31)28-9-8-14-6-7-18(33-21(23)24)19(10-14)32-2/h3-7,10-12,21H,8-9H2,1-2H3,(H,28,31). The van der Waals surface area contributed by atoms with E-state index in [1.54, 1.807) is 13.0 Å². The van der Waals surface area contributed by atoms with Gasteiger partial charge in [0.15, 0.2) is 11.5 Å². The fraction of sp³-hybridized carbons (Fsp3) is 0.273. The molecule has 6 nitrogen and oxygen atoms in total. The highest BCUT2D eigenvalue weighted by atomic mass is 19.4. The lowest BCUT2D eigenvalue weighted by Crippen LogP contribution is -2.26. The number of benzene rings is 2. The number of nitrogens with one attached hydrogen (secondary N) is 1.